The first-order chi connectivity index (χ1) is 8.43. The van der Waals surface area contributed by atoms with Crippen LogP contribution in [0.25, 0.3) is 0 Å². The monoisotopic (exact) mass is 313 g/mol. The van der Waals surface area contributed by atoms with E-state index in [1.54, 1.807) is 6.34 Å². The molecule has 18 heavy (non-hydrogen) atoms. The minimum Gasteiger partial charge on any atom is -0.474 e. The number of aryl methyl sites for hydroxylation is 1. The summed E-state index contributed by atoms with van der Waals surface area (Å²) in [5.41, 5.74) is 1.70. The van der Waals surface area contributed by atoms with E-state index < -0.39 is 0 Å². The predicted molar refractivity (Wildman–Crippen MR) is 78.9 cm³/mol. The highest BCUT2D eigenvalue weighted by Crippen LogP contribution is 2.30. The van der Waals surface area contributed by atoms with Crippen molar-refractivity contribution in [3.8, 4) is 5.88 Å². The number of halogens is 1. The van der Waals surface area contributed by atoms with Crippen molar-refractivity contribution in [2.45, 2.75) is 33.8 Å². The van der Waals surface area contributed by atoms with Gasteiger partial charge < -0.3 is 9.64 Å². The topological polar surface area (TPSA) is 37.7 Å². The van der Waals surface area contributed by atoms with Gasteiger partial charge in [-0.25, -0.2) is 9.98 Å². The molecular formula is C13H20BrN3O. The molecule has 100 valence electrons. The summed E-state index contributed by atoms with van der Waals surface area (Å²) in [5.74, 6) is 0.616. The normalized spacial score (nSPS) is 11.3. The number of nitrogens with zero attached hydrogens (tertiary/aromatic N) is 3. The summed E-state index contributed by atoms with van der Waals surface area (Å²) in [5, 5.41) is 0. The van der Waals surface area contributed by atoms with Crippen LogP contribution in [0, 0.1) is 6.92 Å². The second kappa shape index (κ2) is 6.73. The van der Waals surface area contributed by atoms with Crippen LogP contribution < -0.4 is 4.74 Å². The largest absolute Gasteiger partial charge is 0.474 e. The van der Waals surface area contributed by atoms with Gasteiger partial charge in [0, 0.05) is 13.6 Å². The van der Waals surface area contributed by atoms with Gasteiger partial charge in [0.25, 0.3) is 0 Å². The Bertz CT molecular complexity index is 432. The molecule has 0 aliphatic carbocycles. The fraction of sp³-hybridized carbons (Fsp3) is 0.538. The molecule has 0 unspecified atom stereocenters. The zero-order valence-electron chi connectivity index (χ0n) is 11.6. The summed E-state index contributed by atoms with van der Waals surface area (Å²) >= 11 is 3.46. The van der Waals surface area contributed by atoms with E-state index >= 15 is 0 Å². The molecule has 0 aliphatic rings. The van der Waals surface area contributed by atoms with Crippen molar-refractivity contribution < 1.29 is 4.74 Å². The third-order valence-corrected chi connectivity index (χ3v) is 2.92. The molecule has 0 saturated heterocycles. The van der Waals surface area contributed by atoms with E-state index in [4.69, 9.17) is 4.74 Å². The average molecular weight is 314 g/mol. The Balaban J connectivity index is 2.96. The number of aromatic nitrogens is 1. The molecule has 0 saturated carbocycles. The van der Waals surface area contributed by atoms with Crippen LogP contribution in [-0.2, 0) is 0 Å². The van der Waals surface area contributed by atoms with Crippen LogP contribution in [0.5, 0.6) is 5.88 Å². The summed E-state index contributed by atoms with van der Waals surface area (Å²) in [6, 6.07) is 1.93. The first kappa shape index (κ1) is 15.0. The zero-order chi connectivity index (χ0) is 13.7. The molecule has 1 aromatic rings. The third-order valence-electron chi connectivity index (χ3n) is 2.35. The first-order valence-corrected chi connectivity index (χ1v) is 6.81. The van der Waals surface area contributed by atoms with Crippen LogP contribution in [0.15, 0.2) is 15.5 Å². The Kier molecular flexibility index (Phi) is 5.59. The molecule has 1 aromatic heterocycles. The van der Waals surface area contributed by atoms with E-state index in [0.29, 0.717) is 5.88 Å². The lowest BCUT2D eigenvalue weighted by atomic mass is 10.3. The lowest BCUT2D eigenvalue weighted by molar-refractivity contribution is 0.230. The molecule has 1 heterocycles. The maximum atomic E-state index is 5.61. The van der Waals surface area contributed by atoms with Gasteiger partial charge in [0.05, 0.1) is 28.3 Å². The second-order valence-corrected chi connectivity index (χ2v) is 5.22. The zero-order valence-corrected chi connectivity index (χ0v) is 13.2. The molecule has 0 atom stereocenters. The van der Waals surface area contributed by atoms with Gasteiger partial charge in [-0.15, -0.1) is 0 Å². The van der Waals surface area contributed by atoms with Crippen LogP contribution in [0.1, 0.15) is 26.5 Å². The van der Waals surface area contributed by atoms with Crippen molar-refractivity contribution in [3.05, 3.63) is 16.2 Å². The van der Waals surface area contributed by atoms with Gasteiger partial charge in [0.1, 0.15) is 0 Å². The van der Waals surface area contributed by atoms with Gasteiger partial charge in [0.2, 0.25) is 5.88 Å². The van der Waals surface area contributed by atoms with E-state index in [1.807, 2.05) is 38.8 Å². The molecule has 0 aromatic carbocycles. The Morgan fingerprint density at radius 3 is 2.78 bits per heavy atom. The van der Waals surface area contributed by atoms with E-state index in [-0.39, 0.29) is 6.10 Å². The maximum absolute atomic E-state index is 5.61. The molecule has 4 nitrogen and oxygen atoms in total. The highest BCUT2D eigenvalue weighted by atomic mass is 79.9. The van der Waals surface area contributed by atoms with Gasteiger partial charge in [-0.3, -0.25) is 0 Å². The summed E-state index contributed by atoms with van der Waals surface area (Å²) in [6.07, 6.45) is 1.91. The lowest BCUT2D eigenvalue weighted by Gasteiger charge is -2.13. The highest BCUT2D eigenvalue weighted by molar-refractivity contribution is 9.10. The fourth-order valence-electron chi connectivity index (χ4n) is 1.23. The minimum atomic E-state index is 0.105. The lowest BCUT2D eigenvalue weighted by Crippen LogP contribution is -2.14. The quantitative estimate of drug-likeness (QED) is 0.616. The molecule has 0 fully saturated rings. The molecule has 0 spiro atoms. The first-order valence-electron chi connectivity index (χ1n) is 6.02. The Morgan fingerprint density at radius 1 is 1.56 bits per heavy atom. The minimum absolute atomic E-state index is 0.105. The smallest absolute Gasteiger partial charge is 0.228 e. The van der Waals surface area contributed by atoms with E-state index in [0.717, 1.165) is 22.4 Å². The van der Waals surface area contributed by atoms with Crippen molar-refractivity contribution in [1.29, 1.82) is 0 Å². The number of pyridine rings is 1. The van der Waals surface area contributed by atoms with Crippen LogP contribution in [0.2, 0.25) is 0 Å². The van der Waals surface area contributed by atoms with Crippen LogP contribution in [0.4, 0.5) is 5.69 Å². The number of hydrogen-bond donors (Lipinski definition) is 0. The van der Waals surface area contributed by atoms with Gasteiger partial charge in [0.15, 0.2) is 0 Å². The number of hydrogen-bond acceptors (Lipinski definition) is 3. The number of rotatable bonds is 5. The van der Waals surface area contributed by atoms with Crippen LogP contribution >= 0.6 is 15.9 Å². The number of aliphatic imine (C=N–C) groups is 1. The average Bonchev–Trinajstić information content (AvgIpc) is 2.30. The van der Waals surface area contributed by atoms with Crippen molar-refractivity contribution in [2.24, 2.45) is 4.99 Å². The molecule has 0 bridgehead atoms. The molecule has 0 amide bonds. The van der Waals surface area contributed by atoms with Gasteiger partial charge in [-0.05, 0) is 49.7 Å². The third kappa shape index (κ3) is 4.29. The van der Waals surface area contributed by atoms with E-state index in [9.17, 15) is 0 Å². The summed E-state index contributed by atoms with van der Waals surface area (Å²) in [7, 11) is 1.98. The fourth-order valence-corrected chi connectivity index (χ4v) is 1.63. The Morgan fingerprint density at radius 2 is 2.22 bits per heavy atom. The van der Waals surface area contributed by atoms with Crippen molar-refractivity contribution in [2.75, 3.05) is 13.6 Å². The van der Waals surface area contributed by atoms with Gasteiger partial charge in [-0.1, -0.05) is 0 Å². The predicted octanol–water partition coefficient (Wildman–Crippen LogP) is 3.55. The molecule has 0 N–H and O–H groups in total. The van der Waals surface area contributed by atoms with Crippen LogP contribution in [0.3, 0.4) is 0 Å². The van der Waals surface area contributed by atoms with E-state index in [1.165, 1.54) is 0 Å². The van der Waals surface area contributed by atoms with Crippen molar-refractivity contribution in [3.63, 3.8) is 0 Å². The molecule has 0 radical (unpaired) electrons. The SMILES string of the molecule is CCN(C)C=Nc1cc(Br)c(OC(C)C)nc1C. The molecule has 1 rings (SSSR count). The summed E-state index contributed by atoms with van der Waals surface area (Å²) in [4.78, 5) is 10.8. The van der Waals surface area contributed by atoms with E-state index in [2.05, 4.69) is 32.8 Å². The summed E-state index contributed by atoms with van der Waals surface area (Å²) in [6.45, 7) is 8.88. The maximum Gasteiger partial charge on any atom is 0.228 e. The number of ether oxygens (including phenoxy) is 1. The van der Waals surface area contributed by atoms with Gasteiger partial charge >= 0.3 is 0 Å². The highest BCUT2D eigenvalue weighted by Gasteiger charge is 2.09. The van der Waals surface area contributed by atoms with Crippen LogP contribution in [-0.4, -0.2) is 35.9 Å². The summed E-state index contributed by atoms with van der Waals surface area (Å²) < 4.78 is 6.43. The second-order valence-electron chi connectivity index (χ2n) is 4.36. The van der Waals surface area contributed by atoms with Crippen molar-refractivity contribution in [1.82, 2.24) is 9.88 Å². The standard InChI is InChI=1S/C13H20BrN3O/c1-6-17(5)8-15-12-7-11(14)13(16-10(12)4)18-9(2)3/h7-9H,6H2,1-5H3. The Labute approximate surface area is 117 Å². The Hall–Kier alpha value is -1.10. The van der Waals surface area contributed by atoms with Gasteiger partial charge in [-0.2, -0.15) is 0 Å². The molecular weight excluding hydrogens is 294 g/mol. The molecule has 5 heteroatoms. The van der Waals surface area contributed by atoms with Crippen molar-refractivity contribution >= 4 is 28.0 Å². The molecule has 0 aliphatic heterocycles.